The topological polar surface area (TPSA) is 74.8 Å². The van der Waals surface area contributed by atoms with Crippen LogP contribution in [0.3, 0.4) is 0 Å². The molecule has 4 rings (SSSR count). The first kappa shape index (κ1) is 25.2. The van der Waals surface area contributed by atoms with Crippen LogP contribution in [-0.4, -0.2) is 44.1 Å². The minimum atomic E-state index is -4.59. The molecule has 2 N–H and O–H groups in total. The molecule has 10 heteroatoms. The van der Waals surface area contributed by atoms with Crippen LogP contribution in [0.15, 0.2) is 18.3 Å². The number of H-pyrrole nitrogens is 1. The molecule has 3 heterocycles. The molecule has 6 nitrogen and oxygen atoms in total. The number of alkyl halides is 3. The van der Waals surface area contributed by atoms with Crippen LogP contribution >= 0.6 is 12.0 Å². The molecule has 2 aromatic rings. The van der Waals surface area contributed by atoms with E-state index in [1.807, 2.05) is 24.8 Å². The number of carbonyl (C=O) groups is 1. The SMILES string of the molecule is Cc1ccc2[nH]cc(C(C)CC(=O)N3C4CC(C)CC3CC(C)(O)C4)c2c1OOSC(F)(F)F. The van der Waals surface area contributed by atoms with Gasteiger partial charge in [0.25, 0.3) is 0 Å². The number of rotatable bonds is 6. The van der Waals surface area contributed by atoms with E-state index in [-0.39, 0.29) is 36.1 Å². The van der Waals surface area contributed by atoms with E-state index in [0.29, 0.717) is 35.2 Å². The number of aromatic amines is 1. The Kier molecular flexibility index (Phi) is 6.87. The standard InChI is InChI=1S/C24H31F3N2O4S/c1-13-7-16-10-23(4,31)11-17(8-13)29(16)20(30)9-15(3)18-12-28-19-6-5-14(2)22(21(18)19)32-33-34-24(25,26)27/h5-6,12-13,15-17,28,31H,7-11H2,1-4H3. The van der Waals surface area contributed by atoms with Crippen LogP contribution in [0.5, 0.6) is 5.75 Å². The predicted octanol–water partition coefficient (Wildman–Crippen LogP) is 5.99. The maximum Gasteiger partial charge on any atom is 0.471 e. The van der Waals surface area contributed by atoms with Gasteiger partial charge in [-0.3, -0.25) is 4.79 Å². The Morgan fingerprint density at radius 2 is 1.97 bits per heavy atom. The monoisotopic (exact) mass is 500 g/mol. The van der Waals surface area contributed by atoms with Crippen molar-refractivity contribution >= 4 is 28.9 Å². The Bertz CT molecular complexity index is 1040. The molecule has 0 saturated carbocycles. The highest BCUT2D eigenvalue weighted by atomic mass is 32.2. The van der Waals surface area contributed by atoms with Gasteiger partial charge in [-0.1, -0.05) is 19.9 Å². The molecule has 0 spiro atoms. The summed E-state index contributed by atoms with van der Waals surface area (Å²) in [4.78, 5) is 23.7. The summed E-state index contributed by atoms with van der Waals surface area (Å²) in [7, 11) is 0. The van der Waals surface area contributed by atoms with Gasteiger partial charge in [0.05, 0.1) is 5.60 Å². The number of hydrogen-bond donors (Lipinski definition) is 2. The summed E-state index contributed by atoms with van der Waals surface area (Å²) in [6, 6.07) is 3.60. The molecule has 2 saturated heterocycles. The molecule has 34 heavy (non-hydrogen) atoms. The second-order valence-electron chi connectivity index (χ2n) is 10.3. The van der Waals surface area contributed by atoms with Crippen molar-refractivity contribution in [2.24, 2.45) is 5.92 Å². The lowest BCUT2D eigenvalue weighted by atomic mass is 9.73. The number of aryl methyl sites for hydroxylation is 1. The Balaban J connectivity index is 1.54. The first-order valence-electron chi connectivity index (χ1n) is 11.6. The number of piperidine rings is 2. The number of benzene rings is 1. The molecule has 2 fully saturated rings. The Hall–Kier alpha value is -1.91. The second-order valence-corrected chi connectivity index (χ2v) is 11.0. The molecule has 188 valence electrons. The highest BCUT2D eigenvalue weighted by Crippen LogP contribution is 2.43. The average Bonchev–Trinajstić information content (AvgIpc) is 3.11. The third-order valence-electron chi connectivity index (χ3n) is 7.06. The van der Waals surface area contributed by atoms with E-state index in [4.69, 9.17) is 4.89 Å². The Morgan fingerprint density at radius 3 is 2.59 bits per heavy atom. The number of nitrogens with one attached hydrogen (secondary N) is 1. The number of carbonyl (C=O) groups excluding carboxylic acids is 1. The summed E-state index contributed by atoms with van der Waals surface area (Å²) in [5.74, 6) is 0.544. The maximum atomic E-state index is 13.5. The smallest absolute Gasteiger partial charge is 0.390 e. The van der Waals surface area contributed by atoms with Crippen LogP contribution in [0, 0.1) is 12.8 Å². The first-order chi connectivity index (χ1) is 15.8. The van der Waals surface area contributed by atoms with Gasteiger partial charge >= 0.3 is 5.51 Å². The normalized spacial score (nSPS) is 28.2. The van der Waals surface area contributed by atoms with Crippen LogP contribution < -0.4 is 4.89 Å². The van der Waals surface area contributed by atoms with Gasteiger partial charge in [-0.25, -0.2) is 0 Å². The molecule has 2 bridgehead atoms. The van der Waals surface area contributed by atoms with Gasteiger partial charge in [0.1, 0.15) is 0 Å². The summed E-state index contributed by atoms with van der Waals surface area (Å²) in [5, 5.41) is 11.3. The van der Waals surface area contributed by atoms with Gasteiger partial charge in [0.15, 0.2) is 17.8 Å². The van der Waals surface area contributed by atoms with E-state index in [1.54, 1.807) is 19.2 Å². The van der Waals surface area contributed by atoms with Gasteiger partial charge in [-0.05, 0) is 68.6 Å². The fourth-order valence-corrected chi connectivity index (χ4v) is 5.98. The molecular formula is C24H31F3N2O4S. The van der Waals surface area contributed by atoms with E-state index >= 15 is 0 Å². The van der Waals surface area contributed by atoms with Crippen LogP contribution in [0.1, 0.15) is 69.9 Å². The molecular weight excluding hydrogens is 469 g/mol. The number of aliphatic hydroxyl groups is 1. The maximum absolute atomic E-state index is 13.5. The van der Waals surface area contributed by atoms with E-state index in [1.165, 1.54) is 0 Å². The fourth-order valence-electron chi connectivity index (χ4n) is 5.80. The lowest BCUT2D eigenvalue weighted by molar-refractivity contribution is -0.152. The molecule has 0 radical (unpaired) electrons. The van der Waals surface area contributed by atoms with Gasteiger partial charge in [0, 0.05) is 35.6 Å². The van der Waals surface area contributed by atoms with E-state index < -0.39 is 23.2 Å². The lowest BCUT2D eigenvalue weighted by Crippen LogP contribution is -2.60. The molecule has 2 aliphatic rings. The minimum absolute atomic E-state index is 0.0223. The Labute approximate surface area is 201 Å². The number of aromatic nitrogens is 1. The van der Waals surface area contributed by atoms with Crippen LogP contribution in [0.25, 0.3) is 10.9 Å². The molecule has 3 atom stereocenters. The van der Waals surface area contributed by atoms with Crippen molar-refractivity contribution < 1.29 is 32.3 Å². The van der Waals surface area contributed by atoms with Gasteiger partial charge < -0.3 is 19.9 Å². The van der Waals surface area contributed by atoms with Crippen LogP contribution in [0.4, 0.5) is 13.2 Å². The lowest BCUT2D eigenvalue weighted by Gasteiger charge is -2.53. The number of amides is 1. The summed E-state index contributed by atoms with van der Waals surface area (Å²) in [6.07, 6.45) is 4.94. The zero-order valence-corrected chi connectivity index (χ0v) is 20.6. The summed E-state index contributed by atoms with van der Waals surface area (Å²) in [6.45, 7) is 7.70. The first-order valence-corrected chi connectivity index (χ1v) is 12.3. The zero-order chi connectivity index (χ0) is 24.8. The van der Waals surface area contributed by atoms with Crippen LogP contribution in [0.2, 0.25) is 0 Å². The molecule has 1 amide bonds. The number of nitrogens with zero attached hydrogens (tertiary/aromatic N) is 1. The molecule has 0 aliphatic carbocycles. The highest BCUT2D eigenvalue weighted by Gasteiger charge is 2.46. The van der Waals surface area contributed by atoms with Crippen molar-refractivity contribution in [3.8, 4) is 5.75 Å². The molecule has 2 aliphatic heterocycles. The van der Waals surface area contributed by atoms with Crippen molar-refractivity contribution in [2.45, 2.75) is 88.9 Å². The molecule has 3 unspecified atom stereocenters. The average molecular weight is 501 g/mol. The number of hydrogen-bond acceptors (Lipinski definition) is 5. The highest BCUT2D eigenvalue weighted by molar-refractivity contribution is 7.95. The number of halogens is 3. The third-order valence-corrected chi connectivity index (χ3v) is 7.38. The summed E-state index contributed by atoms with van der Waals surface area (Å²) in [5.41, 5.74) is -3.25. The van der Waals surface area contributed by atoms with E-state index in [0.717, 1.165) is 18.4 Å². The fraction of sp³-hybridized carbons (Fsp3) is 0.625. The largest absolute Gasteiger partial charge is 0.471 e. The quantitative estimate of drug-likeness (QED) is 0.290. The summed E-state index contributed by atoms with van der Waals surface area (Å²) >= 11 is -0.712. The van der Waals surface area contributed by atoms with Gasteiger partial charge in [0.2, 0.25) is 5.91 Å². The summed E-state index contributed by atoms with van der Waals surface area (Å²) < 4.78 is 41.9. The van der Waals surface area contributed by atoms with Gasteiger partial charge in [-0.15, -0.1) is 4.33 Å². The third kappa shape index (κ3) is 5.33. The van der Waals surface area contributed by atoms with Crippen molar-refractivity contribution in [1.29, 1.82) is 0 Å². The van der Waals surface area contributed by atoms with Gasteiger partial charge in [-0.2, -0.15) is 13.2 Å². The predicted molar refractivity (Wildman–Crippen MR) is 124 cm³/mol. The molecule has 1 aromatic carbocycles. The van der Waals surface area contributed by atoms with E-state index in [2.05, 4.69) is 16.2 Å². The van der Waals surface area contributed by atoms with Crippen LogP contribution in [-0.2, 0) is 9.13 Å². The minimum Gasteiger partial charge on any atom is -0.390 e. The second kappa shape index (κ2) is 9.28. The van der Waals surface area contributed by atoms with Crippen molar-refractivity contribution in [3.05, 3.63) is 29.5 Å². The number of fused-ring (bicyclic) bond motifs is 3. The molecule has 1 aromatic heterocycles. The van der Waals surface area contributed by atoms with Crippen molar-refractivity contribution in [2.75, 3.05) is 0 Å². The van der Waals surface area contributed by atoms with E-state index in [9.17, 15) is 23.1 Å². The van der Waals surface area contributed by atoms with Crippen molar-refractivity contribution in [3.63, 3.8) is 0 Å². The van der Waals surface area contributed by atoms with Crippen molar-refractivity contribution in [1.82, 2.24) is 9.88 Å². The Morgan fingerprint density at radius 1 is 1.32 bits per heavy atom. The zero-order valence-electron chi connectivity index (χ0n) is 19.7.